The van der Waals surface area contributed by atoms with Crippen LogP contribution in [-0.2, 0) is 9.53 Å². The molecule has 1 aliphatic heterocycles. The molecule has 0 aromatic heterocycles. The van der Waals surface area contributed by atoms with E-state index in [1.165, 1.54) is 0 Å². The highest BCUT2D eigenvalue weighted by molar-refractivity contribution is 5.86. The Morgan fingerprint density at radius 3 is 2.93 bits per heavy atom. The van der Waals surface area contributed by atoms with Crippen LogP contribution in [0.2, 0.25) is 0 Å². The second kappa shape index (κ2) is 5.32. The van der Waals surface area contributed by atoms with Crippen molar-refractivity contribution in [2.75, 3.05) is 19.8 Å². The molecule has 82 valence electrons. The van der Waals surface area contributed by atoms with Gasteiger partial charge in [0.2, 0.25) is 5.91 Å². The van der Waals surface area contributed by atoms with Crippen molar-refractivity contribution < 1.29 is 9.53 Å². The van der Waals surface area contributed by atoms with Crippen molar-refractivity contribution in [1.29, 1.82) is 0 Å². The summed E-state index contributed by atoms with van der Waals surface area (Å²) in [5.74, 6) is -0.0638. The van der Waals surface area contributed by atoms with Gasteiger partial charge in [0.15, 0.2) is 0 Å². The van der Waals surface area contributed by atoms with Gasteiger partial charge in [-0.05, 0) is 12.8 Å². The Labute approximate surface area is 85.2 Å². The molecule has 1 amide bonds. The van der Waals surface area contributed by atoms with Gasteiger partial charge in [-0.3, -0.25) is 4.79 Å². The first-order valence-corrected chi connectivity index (χ1v) is 5.34. The lowest BCUT2D eigenvalue weighted by Gasteiger charge is -2.20. The van der Waals surface area contributed by atoms with Gasteiger partial charge in [-0.1, -0.05) is 19.8 Å². The molecule has 14 heavy (non-hydrogen) atoms. The second-order valence-electron chi connectivity index (χ2n) is 3.92. The van der Waals surface area contributed by atoms with Crippen LogP contribution >= 0.6 is 0 Å². The fourth-order valence-corrected chi connectivity index (χ4v) is 1.51. The van der Waals surface area contributed by atoms with Crippen molar-refractivity contribution in [3.8, 4) is 0 Å². The highest BCUT2D eigenvalue weighted by atomic mass is 16.5. The van der Waals surface area contributed by atoms with E-state index < -0.39 is 5.54 Å². The molecule has 0 aliphatic carbocycles. The predicted octanol–water partition coefficient (Wildman–Crippen LogP) is 0.411. The number of carbonyl (C=O) groups is 1. The van der Waals surface area contributed by atoms with Crippen LogP contribution < -0.4 is 11.1 Å². The Kier molecular flexibility index (Phi) is 4.35. The van der Waals surface area contributed by atoms with Gasteiger partial charge in [0.1, 0.15) is 5.54 Å². The number of rotatable bonds is 5. The number of hydrogen-bond donors (Lipinski definition) is 2. The zero-order valence-corrected chi connectivity index (χ0v) is 8.84. The van der Waals surface area contributed by atoms with Gasteiger partial charge < -0.3 is 15.8 Å². The lowest BCUT2D eigenvalue weighted by molar-refractivity contribution is -0.126. The van der Waals surface area contributed by atoms with Crippen molar-refractivity contribution in [2.45, 2.75) is 38.1 Å². The maximum atomic E-state index is 11.6. The number of carbonyl (C=O) groups excluding carboxylic acids is 1. The van der Waals surface area contributed by atoms with Gasteiger partial charge in [-0.25, -0.2) is 0 Å². The van der Waals surface area contributed by atoms with Gasteiger partial charge in [0.25, 0.3) is 0 Å². The van der Waals surface area contributed by atoms with Crippen molar-refractivity contribution >= 4 is 5.91 Å². The summed E-state index contributed by atoms with van der Waals surface area (Å²) in [6, 6.07) is 0. The summed E-state index contributed by atoms with van der Waals surface area (Å²) >= 11 is 0. The molecule has 0 aromatic rings. The fourth-order valence-electron chi connectivity index (χ4n) is 1.51. The smallest absolute Gasteiger partial charge is 0.242 e. The molecule has 1 fully saturated rings. The minimum Gasteiger partial charge on any atom is -0.379 e. The highest BCUT2D eigenvalue weighted by Gasteiger charge is 2.37. The Balaban J connectivity index is 2.20. The molecule has 1 heterocycles. The summed E-state index contributed by atoms with van der Waals surface area (Å²) in [5, 5.41) is 2.86. The van der Waals surface area contributed by atoms with E-state index in [-0.39, 0.29) is 5.91 Å². The van der Waals surface area contributed by atoms with Gasteiger partial charge in [-0.15, -0.1) is 0 Å². The largest absolute Gasteiger partial charge is 0.379 e. The third kappa shape index (κ3) is 2.96. The topological polar surface area (TPSA) is 64.4 Å². The van der Waals surface area contributed by atoms with Crippen LogP contribution in [0.5, 0.6) is 0 Å². The van der Waals surface area contributed by atoms with Crippen molar-refractivity contribution in [1.82, 2.24) is 5.32 Å². The molecular weight excluding hydrogens is 180 g/mol. The van der Waals surface area contributed by atoms with Gasteiger partial charge in [-0.2, -0.15) is 0 Å². The summed E-state index contributed by atoms with van der Waals surface area (Å²) in [6.07, 6.45) is 3.97. The molecule has 1 atom stereocenters. The van der Waals surface area contributed by atoms with E-state index in [9.17, 15) is 4.79 Å². The van der Waals surface area contributed by atoms with Crippen molar-refractivity contribution in [3.05, 3.63) is 0 Å². The summed E-state index contributed by atoms with van der Waals surface area (Å²) in [4.78, 5) is 11.6. The molecule has 0 saturated carbocycles. The maximum absolute atomic E-state index is 11.6. The van der Waals surface area contributed by atoms with E-state index in [4.69, 9.17) is 10.5 Å². The third-order valence-electron chi connectivity index (χ3n) is 2.57. The van der Waals surface area contributed by atoms with E-state index in [1.54, 1.807) is 0 Å². The zero-order valence-electron chi connectivity index (χ0n) is 8.84. The monoisotopic (exact) mass is 200 g/mol. The average Bonchev–Trinajstić information content (AvgIpc) is 2.61. The molecule has 1 aliphatic rings. The van der Waals surface area contributed by atoms with E-state index in [0.29, 0.717) is 19.6 Å². The SMILES string of the molecule is CCCCCNC(=O)C1(N)CCOC1. The lowest BCUT2D eigenvalue weighted by atomic mass is 9.99. The molecule has 0 spiro atoms. The lowest BCUT2D eigenvalue weighted by Crippen LogP contribution is -2.54. The van der Waals surface area contributed by atoms with Crippen molar-refractivity contribution in [2.24, 2.45) is 5.73 Å². The summed E-state index contributed by atoms with van der Waals surface area (Å²) in [6.45, 7) is 3.81. The Morgan fingerprint density at radius 1 is 1.57 bits per heavy atom. The predicted molar refractivity (Wildman–Crippen MR) is 54.9 cm³/mol. The molecular formula is C10H20N2O2. The molecule has 1 unspecified atom stereocenters. The molecule has 0 radical (unpaired) electrons. The fraction of sp³-hybridized carbons (Fsp3) is 0.900. The van der Waals surface area contributed by atoms with Gasteiger partial charge in [0, 0.05) is 13.2 Å². The maximum Gasteiger partial charge on any atom is 0.242 e. The number of unbranched alkanes of at least 4 members (excludes halogenated alkanes) is 2. The molecule has 0 aromatic carbocycles. The van der Waals surface area contributed by atoms with Crippen LogP contribution in [0, 0.1) is 0 Å². The number of ether oxygens (including phenoxy) is 1. The van der Waals surface area contributed by atoms with E-state index >= 15 is 0 Å². The van der Waals surface area contributed by atoms with E-state index in [0.717, 1.165) is 25.8 Å². The molecule has 3 N–H and O–H groups in total. The Bertz CT molecular complexity index is 189. The minimum atomic E-state index is -0.772. The number of amides is 1. The first kappa shape index (κ1) is 11.5. The Hall–Kier alpha value is -0.610. The van der Waals surface area contributed by atoms with Gasteiger partial charge in [0.05, 0.1) is 6.61 Å². The first-order chi connectivity index (χ1) is 6.69. The standard InChI is InChI=1S/C10H20N2O2/c1-2-3-4-6-12-9(13)10(11)5-7-14-8-10/h2-8,11H2,1H3,(H,12,13). The van der Waals surface area contributed by atoms with Crippen molar-refractivity contribution in [3.63, 3.8) is 0 Å². The molecule has 1 rings (SSSR count). The van der Waals surface area contributed by atoms with E-state index in [2.05, 4.69) is 12.2 Å². The number of hydrogen-bond acceptors (Lipinski definition) is 3. The summed E-state index contributed by atoms with van der Waals surface area (Å²) < 4.78 is 5.12. The highest BCUT2D eigenvalue weighted by Crippen LogP contribution is 2.15. The normalized spacial score (nSPS) is 26.4. The van der Waals surface area contributed by atoms with Crippen LogP contribution in [0.4, 0.5) is 0 Å². The van der Waals surface area contributed by atoms with Crippen LogP contribution in [0.25, 0.3) is 0 Å². The third-order valence-corrected chi connectivity index (χ3v) is 2.57. The van der Waals surface area contributed by atoms with Crippen LogP contribution in [0.1, 0.15) is 32.6 Å². The average molecular weight is 200 g/mol. The molecule has 4 nitrogen and oxygen atoms in total. The van der Waals surface area contributed by atoms with Gasteiger partial charge >= 0.3 is 0 Å². The Morgan fingerprint density at radius 2 is 2.36 bits per heavy atom. The van der Waals surface area contributed by atoms with Crippen LogP contribution in [0.3, 0.4) is 0 Å². The number of nitrogens with one attached hydrogen (secondary N) is 1. The molecule has 1 saturated heterocycles. The van der Waals surface area contributed by atoms with Crippen LogP contribution in [0.15, 0.2) is 0 Å². The van der Waals surface area contributed by atoms with E-state index in [1.807, 2.05) is 0 Å². The minimum absolute atomic E-state index is 0.0638. The molecule has 4 heteroatoms. The van der Waals surface area contributed by atoms with Crippen LogP contribution in [-0.4, -0.2) is 31.2 Å². The summed E-state index contributed by atoms with van der Waals surface area (Å²) in [7, 11) is 0. The molecule has 0 bridgehead atoms. The zero-order chi connectivity index (χ0) is 10.4. The quantitative estimate of drug-likeness (QED) is 0.632. The number of nitrogens with two attached hydrogens (primary N) is 1. The second-order valence-corrected chi connectivity index (χ2v) is 3.92. The summed E-state index contributed by atoms with van der Waals surface area (Å²) in [5.41, 5.74) is 5.11. The first-order valence-electron chi connectivity index (χ1n) is 5.34.